The van der Waals surface area contributed by atoms with Gasteiger partial charge in [-0.3, -0.25) is 4.79 Å². The lowest BCUT2D eigenvalue weighted by molar-refractivity contribution is -0.122. The number of nitrogens with zero attached hydrogens (tertiary/aromatic N) is 1. The highest BCUT2D eigenvalue weighted by Gasteiger charge is 2.29. The van der Waals surface area contributed by atoms with Crippen LogP contribution in [0.25, 0.3) is 0 Å². The van der Waals surface area contributed by atoms with Crippen LogP contribution in [0.1, 0.15) is 46.5 Å². The Kier molecular flexibility index (Phi) is 4.95. The highest BCUT2D eigenvalue weighted by molar-refractivity contribution is 5.83. The summed E-state index contributed by atoms with van der Waals surface area (Å²) in [5.74, 6) is 0.303. The lowest BCUT2D eigenvalue weighted by atomic mass is 9.96. The third-order valence-electron chi connectivity index (χ3n) is 3.89. The van der Waals surface area contributed by atoms with E-state index in [0.717, 1.165) is 13.0 Å². The van der Waals surface area contributed by atoms with Gasteiger partial charge in [0.2, 0.25) is 5.91 Å². The minimum absolute atomic E-state index is 0.403. The van der Waals surface area contributed by atoms with Crippen molar-refractivity contribution in [3.8, 4) is 0 Å². The van der Waals surface area contributed by atoms with Gasteiger partial charge in [-0.1, -0.05) is 13.8 Å². The Labute approximate surface area is 105 Å². The molecule has 4 nitrogen and oxygen atoms in total. The lowest BCUT2D eigenvalue weighted by Crippen LogP contribution is -2.49. The molecule has 2 atom stereocenters. The minimum Gasteiger partial charge on any atom is -0.368 e. The molecule has 2 unspecified atom stereocenters. The van der Waals surface area contributed by atoms with Crippen molar-refractivity contribution in [3.63, 3.8) is 0 Å². The largest absolute Gasteiger partial charge is 0.368 e. The van der Waals surface area contributed by atoms with Crippen LogP contribution in [0.15, 0.2) is 0 Å². The zero-order chi connectivity index (χ0) is 13.1. The molecule has 1 saturated heterocycles. The molecule has 1 aliphatic heterocycles. The van der Waals surface area contributed by atoms with Crippen LogP contribution in [0.3, 0.4) is 0 Å². The summed E-state index contributed by atoms with van der Waals surface area (Å²) in [6.07, 6.45) is 4.20. The highest BCUT2D eigenvalue weighted by Crippen LogP contribution is 2.24. The number of nitrogens with two attached hydrogens (primary N) is 2. The first kappa shape index (κ1) is 14.5. The van der Waals surface area contributed by atoms with Crippen LogP contribution in [0.4, 0.5) is 0 Å². The van der Waals surface area contributed by atoms with Gasteiger partial charge in [-0.15, -0.1) is 0 Å². The Bertz CT molecular complexity index is 263. The summed E-state index contributed by atoms with van der Waals surface area (Å²) in [4.78, 5) is 13.6. The number of primary amides is 1. The maximum atomic E-state index is 11.1. The molecule has 0 spiro atoms. The summed E-state index contributed by atoms with van der Waals surface area (Å²) >= 11 is 0. The summed E-state index contributed by atoms with van der Waals surface area (Å²) in [6.45, 7) is 8.49. The van der Waals surface area contributed by atoms with Crippen molar-refractivity contribution < 1.29 is 4.79 Å². The maximum Gasteiger partial charge on any atom is 0.237 e. The average molecular weight is 241 g/mol. The number of rotatable bonds is 6. The Hall–Kier alpha value is -0.610. The highest BCUT2D eigenvalue weighted by atomic mass is 16.1. The molecule has 0 saturated carbocycles. The molecule has 0 aromatic heterocycles. The predicted octanol–water partition coefficient (Wildman–Crippen LogP) is 1.09. The molecule has 4 N–H and O–H groups in total. The second-order valence-electron chi connectivity index (χ2n) is 5.87. The second kappa shape index (κ2) is 5.83. The topological polar surface area (TPSA) is 72.3 Å². The summed E-state index contributed by atoms with van der Waals surface area (Å²) in [7, 11) is 0. The van der Waals surface area contributed by atoms with Gasteiger partial charge in [0.05, 0.1) is 5.54 Å². The predicted molar refractivity (Wildman–Crippen MR) is 70.5 cm³/mol. The van der Waals surface area contributed by atoms with E-state index in [1.165, 1.54) is 19.4 Å². The van der Waals surface area contributed by atoms with E-state index < -0.39 is 11.4 Å². The van der Waals surface area contributed by atoms with Gasteiger partial charge in [-0.25, -0.2) is 0 Å². The molecule has 100 valence electrons. The van der Waals surface area contributed by atoms with Crippen molar-refractivity contribution in [2.75, 3.05) is 13.1 Å². The molecule has 4 heteroatoms. The van der Waals surface area contributed by atoms with Crippen LogP contribution >= 0.6 is 0 Å². The van der Waals surface area contributed by atoms with Crippen molar-refractivity contribution in [2.24, 2.45) is 17.4 Å². The van der Waals surface area contributed by atoms with Gasteiger partial charge in [0, 0.05) is 6.04 Å². The van der Waals surface area contributed by atoms with E-state index in [1.807, 2.05) is 0 Å². The standard InChI is InChI=1S/C13H27N3O/c1-10(2)11-6-4-8-16(11)9-5-7-13(3,15)12(14)17/h10-11H,4-9,15H2,1-3H3,(H2,14,17). The molecular weight excluding hydrogens is 214 g/mol. The summed E-state index contributed by atoms with van der Waals surface area (Å²) in [5, 5.41) is 0. The molecule has 17 heavy (non-hydrogen) atoms. The average Bonchev–Trinajstić information content (AvgIpc) is 2.65. The van der Waals surface area contributed by atoms with Gasteiger partial charge in [0.25, 0.3) is 0 Å². The molecule has 0 aromatic rings. The molecule has 1 rings (SSSR count). The lowest BCUT2D eigenvalue weighted by Gasteiger charge is -2.29. The third-order valence-corrected chi connectivity index (χ3v) is 3.89. The van der Waals surface area contributed by atoms with Crippen LogP contribution in [-0.2, 0) is 4.79 Å². The Morgan fingerprint density at radius 1 is 1.53 bits per heavy atom. The van der Waals surface area contributed by atoms with Crippen molar-refractivity contribution in [1.82, 2.24) is 4.90 Å². The van der Waals surface area contributed by atoms with E-state index >= 15 is 0 Å². The van der Waals surface area contributed by atoms with Gasteiger partial charge in [0.15, 0.2) is 0 Å². The number of carbonyl (C=O) groups excluding carboxylic acids is 1. The van der Waals surface area contributed by atoms with Crippen molar-refractivity contribution in [2.45, 2.75) is 58.0 Å². The van der Waals surface area contributed by atoms with E-state index in [1.54, 1.807) is 6.92 Å². The van der Waals surface area contributed by atoms with E-state index in [2.05, 4.69) is 18.7 Å². The maximum absolute atomic E-state index is 11.1. The minimum atomic E-state index is -0.854. The fraction of sp³-hybridized carbons (Fsp3) is 0.923. The summed E-state index contributed by atoms with van der Waals surface area (Å²) in [5.41, 5.74) is 10.3. The van der Waals surface area contributed by atoms with Gasteiger partial charge in [-0.05, 0) is 51.6 Å². The van der Waals surface area contributed by atoms with Gasteiger partial charge in [-0.2, -0.15) is 0 Å². The zero-order valence-corrected chi connectivity index (χ0v) is 11.4. The molecule has 0 aliphatic carbocycles. The molecule has 1 fully saturated rings. The molecule has 0 aromatic carbocycles. The summed E-state index contributed by atoms with van der Waals surface area (Å²) < 4.78 is 0. The van der Waals surface area contributed by atoms with Crippen LogP contribution in [0.2, 0.25) is 0 Å². The Morgan fingerprint density at radius 3 is 2.71 bits per heavy atom. The quantitative estimate of drug-likeness (QED) is 0.731. The molecule has 0 radical (unpaired) electrons. The van der Waals surface area contributed by atoms with Crippen LogP contribution < -0.4 is 11.5 Å². The molecule has 1 aliphatic rings. The monoisotopic (exact) mass is 241 g/mol. The van der Waals surface area contributed by atoms with Gasteiger partial charge >= 0.3 is 0 Å². The second-order valence-corrected chi connectivity index (χ2v) is 5.87. The van der Waals surface area contributed by atoms with Gasteiger partial charge < -0.3 is 16.4 Å². The van der Waals surface area contributed by atoms with E-state index in [9.17, 15) is 4.79 Å². The number of carbonyl (C=O) groups is 1. The number of hydrogen-bond donors (Lipinski definition) is 2. The smallest absolute Gasteiger partial charge is 0.237 e. The molecule has 1 heterocycles. The summed E-state index contributed by atoms with van der Waals surface area (Å²) in [6, 6.07) is 0.701. The van der Waals surface area contributed by atoms with E-state index in [4.69, 9.17) is 11.5 Å². The normalized spacial score (nSPS) is 25.1. The fourth-order valence-electron chi connectivity index (χ4n) is 2.66. The number of amides is 1. The number of likely N-dealkylation sites (tertiary alicyclic amines) is 1. The van der Waals surface area contributed by atoms with Crippen molar-refractivity contribution in [3.05, 3.63) is 0 Å². The van der Waals surface area contributed by atoms with Crippen molar-refractivity contribution in [1.29, 1.82) is 0 Å². The molecule has 1 amide bonds. The zero-order valence-electron chi connectivity index (χ0n) is 11.4. The number of hydrogen-bond acceptors (Lipinski definition) is 3. The SMILES string of the molecule is CC(C)C1CCCN1CCCC(C)(N)C(N)=O. The fourth-order valence-corrected chi connectivity index (χ4v) is 2.66. The molecular formula is C13H27N3O. The third kappa shape index (κ3) is 3.96. The molecule has 0 bridgehead atoms. The Balaban J connectivity index is 2.34. The van der Waals surface area contributed by atoms with Crippen LogP contribution in [0.5, 0.6) is 0 Å². The van der Waals surface area contributed by atoms with Crippen LogP contribution in [0, 0.1) is 5.92 Å². The van der Waals surface area contributed by atoms with Gasteiger partial charge in [0.1, 0.15) is 0 Å². The van der Waals surface area contributed by atoms with E-state index in [0.29, 0.717) is 18.4 Å². The van der Waals surface area contributed by atoms with E-state index in [-0.39, 0.29) is 0 Å². The van der Waals surface area contributed by atoms with Crippen LogP contribution in [-0.4, -0.2) is 35.5 Å². The first-order chi connectivity index (χ1) is 7.84. The Morgan fingerprint density at radius 2 is 2.18 bits per heavy atom. The van der Waals surface area contributed by atoms with Crippen molar-refractivity contribution >= 4 is 5.91 Å². The first-order valence-corrected chi connectivity index (χ1v) is 6.67. The first-order valence-electron chi connectivity index (χ1n) is 6.67.